The topological polar surface area (TPSA) is 158 Å². The summed E-state index contributed by atoms with van der Waals surface area (Å²) in [5.41, 5.74) is 2.49. The number of benzene rings is 1. The van der Waals surface area contributed by atoms with Gasteiger partial charge in [-0.3, -0.25) is 14.4 Å². The Balaban J connectivity index is 1.96. The number of aliphatic hydroxyl groups is 3. The van der Waals surface area contributed by atoms with E-state index in [1.807, 2.05) is 0 Å². The van der Waals surface area contributed by atoms with Gasteiger partial charge in [-0.15, -0.1) is 6.42 Å². The molecule has 3 aliphatic rings. The lowest BCUT2D eigenvalue weighted by Crippen LogP contribution is -2.58. The number of rotatable bonds is 1. The molecule has 0 aromatic heterocycles. The van der Waals surface area contributed by atoms with Crippen LogP contribution < -0.4 is 5.73 Å². The zero-order valence-corrected chi connectivity index (χ0v) is 15.1. The Morgan fingerprint density at radius 1 is 1.21 bits per heavy atom. The number of carbonyl (C=O) groups is 3. The third kappa shape index (κ3) is 2.28. The molecule has 0 spiro atoms. The molecule has 4 rings (SSSR count). The van der Waals surface area contributed by atoms with Gasteiger partial charge in [0.25, 0.3) is 5.91 Å². The van der Waals surface area contributed by atoms with Crippen molar-refractivity contribution in [3.05, 3.63) is 45.7 Å². The highest BCUT2D eigenvalue weighted by Gasteiger charge is 2.60. The van der Waals surface area contributed by atoms with Gasteiger partial charge in [0.1, 0.15) is 22.8 Å². The van der Waals surface area contributed by atoms with Gasteiger partial charge in [0.15, 0.2) is 11.4 Å². The number of fused-ring (bicyclic) bond motifs is 3. The Morgan fingerprint density at radius 2 is 1.90 bits per heavy atom. The second-order valence-corrected chi connectivity index (χ2v) is 7.54. The number of primary amides is 1. The molecule has 0 heterocycles. The van der Waals surface area contributed by atoms with Crippen LogP contribution in [-0.4, -0.2) is 43.5 Å². The lowest BCUT2D eigenvalue weighted by molar-refractivity contribution is -0.147. The molecule has 6 N–H and O–H groups in total. The average molecular weight is 395 g/mol. The lowest BCUT2D eigenvalue weighted by atomic mass is 9.59. The first-order chi connectivity index (χ1) is 13.6. The molecule has 1 fully saturated rings. The summed E-state index contributed by atoms with van der Waals surface area (Å²) in [5, 5.41) is 42.6. The van der Waals surface area contributed by atoms with Crippen molar-refractivity contribution in [3.63, 3.8) is 0 Å². The summed E-state index contributed by atoms with van der Waals surface area (Å²) in [6, 6.07) is 2.81. The summed E-state index contributed by atoms with van der Waals surface area (Å²) in [6.45, 7) is 0. The van der Waals surface area contributed by atoms with Gasteiger partial charge < -0.3 is 26.2 Å². The summed E-state index contributed by atoms with van der Waals surface area (Å²) >= 11 is 0. The van der Waals surface area contributed by atoms with Gasteiger partial charge in [-0.05, 0) is 36.5 Å². The average Bonchev–Trinajstić information content (AvgIpc) is 2.64. The molecule has 1 aromatic rings. The predicted molar refractivity (Wildman–Crippen MR) is 99.3 cm³/mol. The smallest absolute Gasteiger partial charge is 0.255 e. The van der Waals surface area contributed by atoms with Crippen LogP contribution in [0.4, 0.5) is 0 Å². The third-order valence-corrected chi connectivity index (χ3v) is 6.10. The van der Waals surface area contributed by atoms with E-state index >= 15 is 0 Å². The highest BCUT2D eigenvalue weighted by Crippen LogP contribution is 2.52. The summed E-state index contributed by atoms with van der Waals surface area (Å²) in [6.07, 6.45) is 5.42. The molecule has 0 aliphatic heterocycles. The Kier molecular flexibility index (Phi) is 3.86. The summed E-state index contributed by atoms with van der Waals surface area (Å²) < 4.78 is 0. The largest absolute Gasteiger partial charge is 0.508 e. The van der Waals surface area contributed by atoms with E-state index in [0.29, 0.717) is 11.1 Å². The Bertz CT molecular complexity index is 1120. The van der Waals surface area contributed by atoms with Crippen LogP contribution in [0.3, 0.4) is 0 Å². The van der Waals surface area contributed by atoms with Crippen LogP contribution in [0.2, 0.25) is 0 Å². The highest BCUT2D eigenvalue weighted by molar-refractivity contribution is 6.22. The van der Waals surface area contributed by atoms with Crippen molar-refractivity contribution in [1.29, 1.82) is 0 Å². The molecule has 3 aliphatic carbocycles. The number of phenols is 1. The van der Waals surface area contributed by atoms with E-state index in [4.69, 9.17) is 12.2 Å². The quantitative estimate of drug-likeness (QED) is 0.340. The molecule has 0 unspecified atom stereocenters. The first-order valence-electron chi connectivity index (χ1n) is 8.91. The second-order valence-electron chi connectivity index (χ2n) is 7.54. The minimum atomic E-state index is -2.56. The van der Waals surface area contributed by atoms with Gasteiger partial charge in [0.2, 0.25) is 5.78 Å². The van der Waals surface area contributed by atoms with Crippen LogP contribution in [0.1, 0.15) is 29.5 Å². The fourth-order valence-corrected chi connectivity index (χ4v) is 4.76. The second kappa shape index (κ2) is 5.96. The van der Waals surface area contributed by atoms with Gasteiger partial charge in [-0.2, -0.15) is 0 Å². The highest BCUT2D eigenvalue weighted by atomic mass is 16.3. The molecule has 3 atom stereocenters. The zero-order valence-electron chi connectivity index (χ0n) is 15.1. The molecule has 0 bridgehead atoms. The normalized spacial score (nSPS) is 28.4. The molecule has 148 valence electrons. The number of aromatic hydroxyl groups is 1. The molecule has 0 saturated heterocycles. The van der Waals surface area contributed by atoms with Crippen LogP contribution in [0.5, 0.6) is 5.75 Å². The molecule has 0 radical (unpaired) electrons. The zero-order chi connectivity index (χ0) is 21.2. The van der Waals surface area contributed by atoms with Gasteiger partial charge >= 0.3 is 0 Å². The monoisotopic (exact) mass is 395 g/mol. The van der Waals surface area contributed by atoms with E-state index in [1.54, 1.807) is 0 Å². The summed E-state index contributed by atoms with van der Waals surface area (Å²) in [5.74, 6) is -4.09. The number of hydrogen-bond donors (Lipinski definition) is 5. The summed E-state index contributed by atoms with van der Waals surface area (Å²) in [4.78, 5) is 37.1. The number of carbonyl (C=O) groups excluding carboxylic acids is 3. The van der Waals surface area contributed by atoms with Gasteiger partial charge in [-0.25, -0.2) is 0 Å². The van der Waals surface area contributed by atoms with Crippen LogP contribution in [0, 0.1) is 24.2 Å². The van der Waals surface area contributed by atoms with Gasteiger partial charge in [0.05, 0.1) is 5.56 Å². The molecular formula is C21H17NO7. The number of Topliss-reactive ketones (excluding diaryl/α,β-unsaturated/α-hetero) is 2. The van der Waals surface area contributed by atoms with Crippen molar-refractivity contribution in [2.24, 2.45) is 17.6 Å². The van der Waals surface area contributed by atoms with Crippen LogP contribution in [0.15, 0.2) is 29.0 Å². The van der Waals surface area contributed by atoms with Crippen molar-refractivity contribution >= 4 is 23.2 Å². The van der Waals surface area contributed by atoms with Crippen molar-refractivity contribution in [2.45, 2.75) is 24.9 Å². The van der Waals surface area contributed by atoms with Crippen molar-refractivity contribution in [2.75, 3.05) is 0 Å². The third-order valence-electron chi connectivity index (χ3n) is 6.10. The molecule has 8 nitrogen and oxygen atoms in total. The van der Waals surface area contributed by atoms with Crippen LogP contribution >= 0.6 is 0 Å². The van der Waals surface area contributed by atoms with E-state index in [1.165, 1.54) is 12.1 Å². The van der Waals surface area contributed by atoms with Crippen LogP contribution in [-0.2, 0) is 20.8 Å². The number of ketones is 2. The molecule has 8 heteroatoms. The minimum Gasteiger partial charge on any atom is -0.508 e. The lowest BCUT2D eigenvalue weighted by Gasteiger charge is -2.46. The maximum Gasteiger partial charge on any atom is 0.255 e. The number of phenolic OH excluding ortho intramolecular Hbond substituents is 1. The molecule has 1 amide bonds. The van der Waals surface area contributed by atoms with E-state index in [2.05, 4.69) is 5.92 Å². The maximum absolute atomic E-state index is 13.2. The fraction of sp³-hybridized carbons (Fsp3) is 0.286. The van der Waals surface area contributed by atoms with E-state index in [0.717, 1.165) is 0 Å². The van der Waals surface area contributed by atoms with Gasteiger partial charge in [-0.1, -0.05) is 5.92 Å². The molecule has 29 heavy (non-hydrogen) atoms. The molecule has 1 aromatic carbocycles. The van der Waals surface area contributed by atoms with Crippen molar-refractivity contribution < 1.29 is 34.8 Å². The Labute approximate surface area is 165 Å². The van der Waals surface area contributed by atoms with Crippen molar-refractivity contribution in [1.82, 2.24) is 0 Å². The first-order valence-corrected chi connectivity index (χ1v) is 8.91. The van der Waals surface area contributed by atoms with Crippen molar-refractivity contribution in [3.8, 4) is 18.1 Å². The first kappa shape index (κ1) is 18.8. The standard InChI is InChI=1S/C21H17NO7/c1-2-8-3-4-12(23)15-11(8)6-9-5-10-7-13(24)16(20(22)28)19(27)21(10,29)18(26)14(9)17(15)25/h1,3-4,9-10,23,25,27,29H,5-7H2,(H2,22,28)/t9-,10+,21+/m1/s1. The van der Waals surface area contributed by atoms with E-state index in [-0.39, 0.29) is 36.1 Å². The number of terminal acetylenes is 1. The Morgan fingerprint density at radius 3 is 2.52 bits per heavy atom. The molecular weight excluding hydrogens is 378 g/mol. The maximum atomic E-state index is 13.2. The van der Waals surface area contributed by atoms with E-state index in [9.17, 15) is 34.8 Å². The summed E-state index contributed by atoms with van der Waals surface area (Å²) in [7, 11) is 0. The molecule has 1 saturated carbocycles. The number of nitrogens with two attached hydrogens (primary N) is 1. The number of hydrogen-bond acceptors (Lipinski definition) is 7. The Hall–Kier alpha value is -3.57. The van der Waals surface area contributed by atoms with Gasteiger partial charge in [0, 0.05) is 23.5 Å². The SMILES string of the molecule is C#Cc1ccc(O)c2c1C[C@H]1C[C@H]3CC(=O)C(C(N)=O)=C(O)[C@@]3(O)C(=O)C1=C2O. The predicted octanol–water partition coefficient (Wildman–Crippen LogP) is 0.405. The van der Waals surface area contributed by atoms with E-state index < -0.39 is 52.0 Å². The minimum absolute atomic E-state index is 0.00687. The number of amides is 1. The fourth-order valence-electron chi connectivity index (χ4n) is 4.76. The van der Waals surface area contributed by atoms with Crippen LogP contribution in [0.25, 0.3) is 5.76 Å². The number of aliphatic hydroxyl groups excluding tert-OH is 2.